The second kappa shape index (κ2) is 7.20. The zero-order valence-electron chi connectivity index (χ0n) is 11.0. The first-order chi connectivity index (χ1) is 8.54. The van der Waals surface area contributed by atoms with Crippen LogP contribution in [0.4, 0.5) is 0 Å². The molecule has 0 aromatic carbocycles. The molecule has 0 bridgehead atoms. The van der Waals surface area contributed by atoms with E-state index < -0.39 is 0 Å². The lowest BCUT2D eigenvalue weighted by Gasteiger charge is -2.15. The van der Waals surface area contributed by atoms with Gasteiger partial charge in [-0.15, -0.1) is 11.3 Å². The number of aliphatic hydroxyl groups excluding tert-OH is 1. The largest absolute Gasteiger partial charge is 0.384 e. The monoisotopic (exact) mass is 265 g/mol. The number of hydrogen-bond acceptors (Lipinski definition) is 3. The van der Waals surface area contributed by atoms with Crippen LogP contribution in [0.5, 0.6) is 0 Å². The Morgan fingerprint density at radius 2 is 2.17 bits per heavy atom. The summed E-state index contributed by atoms with van der Waals surface area (Å²) < 4.78 is 0. The Hall–Kier alpha value is -1.31. The van der Waals surface area contributed by atoms with Gasteiger partial charge < -0.3 is 10.4 Å². The molecule has 0 aliphatic carbocycles. The summed E-state index contributed by atoms with van der Waals surface area (Å²) in [6.45, 7) is 6.93. The van der Waals surface area contributed by atoms with E-state index in [1.54, 1.807) is 12.1 Å². The third kappa shape index (κ3) is 4.52. The van der Waals surface area contributed by atoms with E-state index in [2.05, 4.69) is 37.9 Å². The van der Waals surface area contributed by atoms with Crippen LogP contribution in [0.1, 0.15) is 35.3 Å². The highest BCUT2D eigenvalue weighted by Gasteiger charge is 2.11. The summed E-state index contributed by atoms with van der Waals surface area (Å²) in [4.78, 5) is 13.3. The van der Waals surface area contributed by atoms with Gasteiger partial charge in [-0.05, 0) is 24.0 Å². The predicted molar refractivity (Wildman–Crippen MR) is 74.6 cm³/mol. The molecule has 0 aliphatic rings. The van der Waals surface area contributed by atoms with Crippen molar-refractivity contribution in [3.8, 4) is 11.8 Å². The summed E-state index contributed by atoms with van der Waals surface area (Å²) in [6.07, 6.45) is 0. The smallest absolute Gasteiger partial charge is 0.261 e. The molecular weight excluding hydrogens is 246 g/mol. The molecule has 0 aliphatic heterocycles. The fourth-order valence-electron chi connectivity index (χ4n) is 1.23. The van der Waals surface area contributed by atoms with Gasteiger partial charge in [0.05, 0.1) is 9.75 Å². The average molecular weight is 265 g/mol. The minimum absolute atomic E-state index is 0.0513. The first-order valence-corrected chi connectivity index (χ1v) is 6.84. The van der Waals surface area contributed by atoms with Crippen LogP contribution in [-0.2, 0) is 0 Å². The minimum atomic E-state index is -0.161. The molecule has 0 radical (unpaired) electrons. The summed E-state index contributed by atoms with van der Waals surface area (Å²) in [5.41, 5.74) is 0. The van der Waals surface area contributed by atoms with Crippen LogP contribution in [0.2, 0.25) is 0 Å². The van der Waals surface area contributed by atoms with Gasteiger partial charge in [0.15, 0.2) is 0 Å². The normalized spacial score (nSPS) is 11.8. The zero-order valence-corrected chi connectivity index (χ0v) is 11.8. The van der Waals surface area contributed by atoms with E-state index >= 15 is 0 Å². The van der Waals surface area contributed by atoms with Gasteiger partial charge in [-0.25, -0.2) is 0 Å². The van der Waals surface area contributed by atoms with E-state index in [-0.39, 0.29) is 12.5 Å². The molecule has 2 N–H and O–H groups in total. The van der Waals surface area contributed by atoms with Crippen molar-refractivity contribution in [1.82, 2.24) is 5.32 Å². The van der Waals surface area contributed by atoms with Gasteiger partial charge in [-0.2, -0.15) is 0 Å². The molecule has 1 heterocycles. The van der Waals surface area contributed by atoms with Crippen molar-refractivity contribution in [2.24, 2.45) is 11.8 Å². The summed E-state index contributed by atoms with van der Waals surface area (Å²) in [6, 6.07) is 3.57. The molecule has 1 aromatic rings. The third-order valence-corrected chi connectivity index (χ3v) is 3.84. The Bertz CT molecular complexity index is 454. The average Bonchev–Trinajstić information content (AvgIpc) is 2.81. The molecule has 0 spiro atoms. The number of rotatable bonds is 4. The van der Waals surface area contributed by atoms with Crippen molar-refractivity contribution in [3.05, 3.63) is 21.9 Å². The van der Waals surface area contributed by atoms with Crippen molar-refractivity contribution in [3.63, 3.8) is 0 Å². The Balaban J connectivity index is 2.54. The fourth-order valence-corrected chi connectivity index (χ4v) is 2.03. The molecule has 1 unspecified atom stereocenters. The van der Waals surface area contributed by atoms with Crippen molar-refractivity contribution in [2.45, 2.75) is 20.8 Å². The van der Waals surface area contributed by atoms with Crippen LogP contribution in [0.3, 0.4) is 0 Å². The third-order valence-electron chi connectivity index (χ3n) is 2.84. The van der Waals surface area contributed by atoms with Crippen molar-refractivity contribution in [2.75, 3.05) is 13.2 Å². The minimum Gasteiger partial charge on any atom is -0.384 e. The molecule has 4 heteroatoms. The fraction of sp³-hybridized carbons (Fsp3) is 0.500. The van der Waals surface area contributed by atoms with Gasteiger partial charge in [0.25, 0.3) is 5.91 Å². The second-order valence-corrected chi connectivity index (χ2v) is 5.64. The molecule has 0 fully saturated rings. The molecule has 1 rings (SSSR count). The number of aliphatic hydroxyl groups is 1. The maximum Gasteiger partial charge on any atom is 0.261 e. The molecule has 3 nitrogen and oxygen atoms in total. The summed E-state index contributed by atoms with van der Waals surface area (Å²) in [5.74, 6) is 6.32. The van der Waals surface area contributed by atoms with Crippen molar-refractivity contribution in [1.29, 1.82) is 0 Å². The molecule has 1 aromatic heterocycles. The van der Waals surface area contributed by atoms with E-state index in [1.807, 2.05) is 0 Å². The lowest BCUT2D eigenvalue weighted by Crippen LogP contribution is -2.29. The van der Waals surface area contributed by atoms with E-state index in [0.717, 1.165) is 4.88 Å². The number of thiophene rings is 1. The first-order valence-electron chi connectivity index (χ1n) is 6.02. The van der Waals surface area contributed by atoms with Crippen LogP contribution >= 0.6 is 11.3 Å². The lowest BCUT2D eigenvalue weighted by molar-refractivity contribution is 0.0949. The van der Waals surface area contributed by atoms with Gasteiger partial charge in [0.2, 0.25) is 0 Å². The Kier molecular flexibility index (Phi) is 5.90. The standard InChI is InChI=1S/C14H19NO2S/c1-10(2)11(3)9-15-14(17)13-7-6-12(18-13)5-4-8-16/h6-7,10-11,16H,8-9H2,1-3H3,(H,15,17). The van der Waals surface area contributed by atoms with E-state index in [1.165, 1.54) is 11.3 Å². The SMILES string of the molecule is CC(C)C(C)CNC(=O)c1ccc(C#CCO)s1. The number of nitrogens with one attached hydrogen (secondary N) is 1. The van der Waals surface area contributed by atoms with Crippen LogP contribution in [0.25, 0.3) is 0 Å². The Morgan fingerprint density at radius 1 is 1.44 bits per heavy atom. The van der Waals surface area contributed by atoms with E-state index in [9.17, 15) is 4.79 Å². The highest BCUT2D eigenvalue weighted by Crippen LogP contribution is 2.15. The predicted octanol–water partition coefficient (Wildman–Crippen LogP) is 2.11. The first kappa shape index (κ1) is 14.7. The van der Waals surface area contributed by atoms with E-state index in [0.29, 0.717) is 23.3 Å². The van der Waals surface area contributed by atoms with Gasteiger partial charge >= 0.3 is 0 Å². The van der Waals surface area contributed by atoms with Crippen LogP contribution in [0.15, 0.2) is 12.1 Å². The Morgan fingerprint density at radius 3 is 2.78 bits per heavy atom. The lowest BCUT2D eigenvalue weighted by atomic mass is 9.98. The molecular formula is C14H19NO2S. The summed E-state index contributed by atoms with van der Waals surface area (Å²) in [5, 5.41) is 11.5. The second-order valence-electron chi connectivity index (χ2n) is 4.56. The highest BCUT2D eigenvalue weighted by molar-refractivity contribution is 7.14. The molecule has 98 valence electrons. The molecule has 0 saturated heterocycles. The molecule has 18 heavy (non-hydrogen) atoms. The summed E-state index contributed by atoms with van der Waals surface area (Å²) >= 11 is 1.34. The molecule has 1 amide bonds. The number of amides is 1. The van der Waals surface area contributed by atoms with Crippen LogP contribution in [0, 0.1) is 23.7 Å². The van der Waals surface area contributed by atoms with Gasteiger partial charge in [-0.3, -0.25) is 4.79 Å². The number of hydrogen-bond donors (Lipinski definition) is 2. The van der Waals surface area contributed by atoms with Crippen LogP contribution < -0.4 is 5.32 Å². The topological polar surface area (TPSA) is 49.3 Å². The zero-order chi connectivity index (χ0) is 13.5. The van der Waals surface area contributed by atoms with Crippen molar-refractivity contribution >= 4 is 17.2 Å². The summed E-state index contributed by atoms with van der Waals surface area (Å²) in [7, 11) is 0. The van der Waals surface area contributed by atoms with Gasteiger partial charge in [0, 0.05) is 6.54 Å². The Labute approximate surface area is 112 Å². The van der Waals surface area contributed by atoms with Gasteiger partial charge in [-0.1, -0.05) is 32.6 Å². The van der Waals surface area contributed by atoms with Crippen molar-refractivity contribution < 1.29 is 9.90 Å². The van der Waals surface area contributed by atoms with E-state index in [4.69, 9.17) is 5.11 Å². The molecule has 1 atom stereocenters. The maximum atomic E-state index is 11.9. The highest BCUT2D eigenvalue weighted by atomic mass is 32.1. The quantitative estimate of drug-likeness (QED) is 0.819. The maximum absolute atomic E-state index is 11.9. The molecule has 0 saturated carbocycles. The van der Waals surface area contributed by atoms with Crippen LogP contribution in [-0.4, -0.2) is 24.2 Å². The number of carbonyl (C=O) groups excluding carboxylic acids is 1. The number of carbonyl (C=O) groups is 1. The van der Waals surface area contributed by atoms with Gasteiger partial charge in [0.1, 0.15) is 6.61 Å².